The van der Waals surface area contributed by atoms with Gasteiger partial charge in [-0.1, -0.05) is 0 Å². The van der Waals surface area contributed by atoms with E-state index < -0.39 is 11.6 Å². The van der Waals surface area contributed by atoms with E-state index in [2.05, 4.69) is 10.6 Å². The summed E-state index contributed by atoms with van der Waals surface area (Å²) in [6.07, 6.45) is 2.35. The first-order valence-electron chi connectivity index (χ1n) is 10.2. The van der Waals surface area contributed by atoms with Gasteiger partial charge in [-0.25, -0.2) is 4.39 Å². The van der Waals surface area contributed by atoms with Crippen molar-refractivity contribution in [3.8, 4) is 0 Å². The lowest BCUT2D eigenvalue weighted by Gasteiger charge is -2.36. The molecule has 1 aromatic carbocycles. The fraction of sp³-hybridized carbons (Fsp3) is 0.455. The molecule has 0 saturated carbocycles. The zero-order valence-electron chi connectivity index (χ0n) is 17.3. The molecule has 1 aliphatic heterocycles. The smallest absolute Gasteiger partial charge is 0.254 e. The van der Waals surface area contributed by atoms with Crippen LogP contribution in [0.2, 0.25) is 0 Å². The number of thiophene rings is 1. The maximum Gasteiger partial charge on any atom is 0.254 e. The van der Waals surface area contributed by atoms with Gasteiger partial charge in [-0.3, -0.25) is 9.59 Å². The molecule has 2 N–H and O–H groups in total. The number of carbonyl (C=O) groups is 2. The molecule has 1 atom stereocenters. The van der Waals surface area contributed by atoms with Gasteiger partial charge in [0.25, 0.3) is 5.91 Å². The zero-order chi connectivity index (χ0) is 22.2. The normalized spacial score (nSPS) is 20.3. The number of halogens is 2. The molecule has 2 heterocycles. The summed E-state index contributed by atoms with van der Waals surface area (Å²) in [6, 6.07) is 4.84. The number of hydrogen-bond donors (Lipinski definition) is 2. The average molecular weight is 558 g/mol. The van der Waals surface area contributed by atoms with Gasteiger partial charge in [0.15, 0.2) is 11.6 Å². The summed E-state index contributed by atoms with van der Waals surface area (Å²) < 4.78 is 26.6. The van der Waals surface area contributed by atoms with Crippen LogP contribution >= 0.6 is 33.9 Å². The van der Waals surface area contributed by atoms with Crippen molar-refractivity contribution in [2.45, 2.75) is 51.4 Å². The van der Waals surface area contributed by atoms with Gasteiger partial charge in [0.1, 0.15) is 10.8 Å². The minimum Gasteiger partial charge on any atom is -0.350 e. The van der Waals surface area contributed by atoms with E-state index in [9.17, 15) is 14.0 Å². The number of fused-ring (bicyclic) bond motifs is 1. The van der Waals surface area contributed by atoms with Crippen LogP contribution in [0.25, 0.3) is 0 Å². The first-order chi connectivity index (χ1) is 14.7. The van der Waals surface area contributed by atoms with Crippen molar-refractivity contribution in [1.29, 1.82) is 0 Å². The molecule has 0 spiro atoms. The number of hydrogen-bond acceptors (Lipinski definition) is 6. The van der Waals surface area contributed by atoms with E-state index in [0.29, 0.717) is 54.3 Å². The van der Waals surface area contributed by atoms with Crippen LogP contribution in [0.4, 0.5) is 15.1 Å². The van der Waals surface area contributed by atoms with Crippen molar-refractivity contribution >= 4 is 56.3 Å². The number of amides is 1. The van der Waals surface area contributed by atoms with Crippen LogP contribution in [0.5, 0.6) is 0 Å². The van der Waals surface area contributed by atoms with Crippen LogP contribution in [-0.2, 0) is 15.9 Å². The van der Waals surface area contributed by atoms with Crippen LogP contribution in [0.1, 0.15) is 58.7 Å². The van der Waals surface area contributed by atoms with Crippen molar-refractivity contribution in [3.63, 3.8) is 0 Å². The third kappa shape index (κ3) is 5.10. The predicted octanol–water partition coefficient (Wildman–Crippen LogP) is 5.03. The molecule has 1 aromatic heterocycles. The minimum absolute atomic E-state index is 0.0333. The van der Waals surface area contributed by atoms with Crippen LogP contribution in [-0.4, -0.2) is 36.7 Å². The highest BCUT2D eigenvalue weighted by atomic mass is 127. The van der Waals surface area contributed by atoms with Crippen LogP contribution in [0, 0.1) is 9.39 Å². The Morgan fingerprint density at radius 1 is 1.35 bits per heavy atom. The second kappa shape index (κ2) is 9.13. The number of carbonyl (C=O) groups excluding carboxylic acids is 2. The molecule has 2 aliphatic rings. The average Bonchev–Trinajstić information content (AvgIpc) is 3.07. The van der Waals surface area contributed by atoms with E-state index in [1.54, 1.807) is 12.1 Å². The van der Waals surface area contributed by atoms with E-state index in [4.69, 9.17) is 9.47 Å². The molecule has 166 valence electrons. The quantitative estimate of drug-likeness (QED) is 0.504. The lowest BCUT2D eigenvalue weighted by atomic mass is 9.94. The Kier molecular flexibility index (Phi) is 6.66. The van der Waals surface area contributed by atoms with E-state index in [1.807, 2.05) is 36.4 Å². The van der Waals surface area contributed by atoms with Gasteiger partial charge < -0.3 is 20.1 Å². The van der Waals surface area contributed by atoms with E-state index in [-0.39, 0.29) is 23.5 Å². The van der Waals surface area contributed by atoms with Gasteiger partial charge in [-0.15, -0.1) is 11.3 Å². The minimum atomic E-state index is -0.684. The van der Waals surface area contributed by atoms with Crippen LogP contribution in [0.15, 0.2) is 18.2 Å². The zero-order valence-corrected chi connectivity index (χ0v) is 20.3. The maximum atomic E-state index is 14.4. The maximum absolute atomic E-state index is 14.4. The van der Waals surface area contributed by atoms with E-state index in [1.165, 1.54) is 17.4 Å². The fourth-order valence-electron chi connectivity index (χ4n) is 3.88. The standard InChI is InChI=1S/C22H24FIN2O4S/c1-22(2)29-9-8-13(30-22)11-25-20(28)18-14-4-3-5-17(27)19(14)31-21(18)26-16-7-6-12(24)10-15(16)23/h6-7,10,13,26H,3-5,8-9,11H2,1-2H3,(H,25,28)/t13-/m0/s1. The van der Waals surface area contributed by atoms with Crippen molar-refractivity contribution in [3.05, 3.63) is 43.6 Å². The summed E-state index contributed by atoms with van der Waals surface area (Å²) in [7, 11) is 0. The molecular weight excluding hydrogens is 534 g/mol. The third-order valence-corrected chi connectivity index (χ3v) is 7.19. The number of rotatable bonds is 5. The summed E-state index contributed by atoms with van der Waals surface area (Å²) in [4.78, 5) is 26.2. The second-order valence-electron chi connectivity index (χ2n) is 8.13. The second-order valence-corrected chi connectivity index (χ2v) is 10.4. The predicted molar refractivity (Wildman–Crippen MR) is 126 cm³/mol. The molecule has 1 saturated heterocycles. The number of anilines is 2. The molecule has 1 fully saturated rings. The van der Waals surface area contributed by atoms with E-state index in [0.717, 1.165) is 9.13 Å². The fourth-order valence-corrected chi connectivity index (χ4v) is 5.56. The lowest BCUT2D eigenvalue weighted by molar-refractivity contribution is -0.271. The van der Waals surface area contributed by atoms with Crippen LogP contribution < -0.4 is 10.6 Å². The van der Waals surface area contributed by atoms with Gasteiger partial charge in [0, 0.05) is 16.5 Å². The number of benzene rings is 1. The first-order valence-corrected chi connectivity index (χ1v) is 12.1. The SMILES string of the molecule is CC1(C)OCC[C@@H](CNC(=O)c2c(Nc3ccc(I)cc3F)sc3c2CCCC3=O)O1. The van der Waals surface area contributed by atoms with Crippen molar-refractivity contribution in [2.75, 3.05) is 18.5 Å². The Hall–Kier alpha value is -1.56. The summed E-state index contributed by atoms with van der Waals surface area (Å²) in [6.45, 7) is 4.59. The Balaban J connectivity index is 1.59. The van der Waals surface area contributed by atoms with Gasteiger partial charge in [-0.2, -0.15) is 0 Å². The molecule has 0 bridgehead atoms. The number of Topliss-reactive ketones (excluding diaryl/α,β-unsaturated/α-hetero) is 1. The molecule has 0 radical (unpaired) electrons. The third-order valence-electron chi connectivity index (χ3n) is 5.33. The lowest BCUT2D eigenvalue weighted by Crippen LogP contribution is -2.45. The summed E-state index contributed by atoms with van der Waals surface area (Å²) in [5, 5.41) is 6.49. The highest BCUT2D eigenvalue weighted by Crippen LogP contribution is 2.40. The number of nitrogens with one attached hydrogen (secondary N) is 2. The molecule has 9 heteroatoms. The van der Waals surface area contributed by atoms with Gasteiger partial charge in [0.05, 0.1) is 28.8 Å². The van der Waals surface area contributed by atoms with Gasteiger partial charge in [-0.05, 0) is 79.5 Å². The molecule has 1 amide bonds. The summed E-state index contributed by atoms with van der Waals surface area (Å²) in [5.41, 5.74) is 1.45. The Bertz CT molecular complexity index is 1020. The van der Waals surface area contributed by atoms with Crippen molar-refractivity contribution in [1.82, 2.24) is 5.32 Å². The topological polar surface area (TPSA) is 76.7 Å². The van der Waals surface area contributed by atoms with Gasteiger partial charge in [0.2, 0.25) is 0 Å². The number of ether oxygens (including phenoxy) is 2. The van der Waals surface area contributed by atoms with Gasteiger partial charge >= 0.3 is 0 Å². The molecule has 31 heavy (non-hydrogen) atoms. The summed E-state index contributed by atoms with van der Waals surface area (Å²) >= 11 is 3.27. The Morgan fingerprint density at radius 2 is 2.16 bits per heavy atom. The molecule has 2 aromatic rings. The van der Waals surface area contributed by atoms with Crippen molar-refractivity contribution in [2.24, 2.45) is 0 Å². The molecule has 0 unspecified atom stereocenters. The highest BCUT2D eigenvalue weighted by Gasteiger charge is 2.32. The monoisotopic (exact) mass is 558 g/mol. The largest absolute Gasteiger partial charge is 0.350 e. The van der Waals surface area contributed by atoms with Crippen LogP contribution in [0.3, 0.4) is 0 Å². The summed E-state index contributed by atoms with van der Waals surface area (Å²) in [5.74, 6) is -1.34. The molecule has 1 aliphatic carbocycles. The first kappa shape index (κ1) is 22.6. The Labute approximate surface area is 198 Å². The number of ketones is 1. The molecule has 6 nitrogen and oxygen atoms in total. The van der Waals surface area contributed by atoms with E-state index >= 15 is 0 Å². The highest BCUT2D eigenvalue weighted by molar-refractivity contribution is 14.1. The Morgan fingerprint density at radius 3 is 2.90 bits per heavy atom. The molecule has 4 rings (SSSR count). The molecular formula is C22H24FIN2O4S. The van der Waals surface area contributed by atoms with Crippen molar-refractivity contribution < 1.29 is 23.5 Å².